The molecule has 0 N–H and O–H groups in total. The van der Waals surface area contributed by atoms with Crippen LogP contribution < -0.4 is 0 Å². The maximum atomic E-state index is 12.8. The van der Waals surface area contributed by atoms with E-state index in [0.717, 1.165) is 19.3 Å². The molecule has 4 unspecified atom stereocenters. The number of aliphatic imine (C=N–C) groups is 1. The molecule has 2 bridgehead atoms. The number of nitrogens with zero attached hydrogens (tertiary/aromatic N) is 2. The summed E-state index contributed by atoms with van der Waals surface area (Å²) < 4.78 is 0. The highest BCUT2D eigenvalue weighted by Crippen LogP contribution is 2.50. The van der Waals surface area contributed by atoms with Crippen molar-refractivity contribution >= 4 is 12.0 Å². The number of isocyanates is 1. The molecule has 2 aliphatic rings. The van der Waals surface area contributed by atoms with E-state index in [-0.39, 0.29) is 30.0 Å². The summed E-state index contributed by atoms with van der Waals surface area (Å²) >= 11 is 0. The molecular weight excluding hydrogens is 240 g/mol. The van der Waals surface area contributed by atoms with Crippen molar-refractivity contribution < 1.29 is 9.59 Å². The van der Waals surface area contributed by atoms with E-state index in [1.54, 1.807) is 6.08 Å². The molecule has 0 saturated heterocycles. The van der Waals surface area contributed by atoms with E-state index in [9.17, 15) is 9.59 Å². The number of rotatable bonds is 4. The average molecular weight is 264 g/mol. The Morgan fingerprint density at radius 2 is 1.74 bits per heavy atom. The monoisotopic (exact) mass is 264 g/mol. The van der Waals surface area contributed by atoms with Crippen molar-refractivity contribution in [2.45, 2.75) is 65.1 Å². The van der Waals surface area contributed by atoms with Gasteiger partial charge in [-0.05, 0) is 58.8 Å². The molecule has 4 nitrogen and oxygen atoms in total. The first-order valence-electron chi connectivity index (χ1n) is 7.36. The molecule has 2 rings (SSSR count). The van der Waals surface area contributed by atoms with Crippen molar-refractivity contribution in [3.63, 3.8) is 0 Å². The van der Waals surface area contributed by atoms with Gasteiger partial charge in [-0.3, -0.25) is 4.79 Å². The fourth-order valence-corrected chi connectivity index (χ4v) is 4.13. The Morgan fingerprint density at radius 3 is 2.26 bits per heavy atom. The largest absolute Gasteiger partial charge is 0.338 e. The lowest BCUT2D eigenvalue weighted by Gasteiger charge is -2.37. The highest BCUT2D eigenvalue weighted by atomic mass is 16.2. The molecule has 2 fully saturated rings. The molecule has 19 heavy (non-hydrogen) atoms. The number of carbonyl (C=O) groups excluding carboxylic acids is 2. The zero-order valence-corrected chi connectivity index (χ0v) is 12.3. The first kappa shape index (κ1) is 14.3. The van der Waals surface area contributed by atoms with Crippen LogP contribution in [0.3, 0.4) is 0 Å². The van der Waals surface area contributed by atoms with Crippen molar-refractivity contribution in [3.05, 3.63) is 0 Å². The van der Waals surface area contributed by atoms with E-state index in [1.165, 1.54) is 0 Å². The molecular formula is C15H24N2O2. The van der Waals surface area contributed by atoms with Gasteiger partial charge < -0.3 is 4.90 Å². The Bertz CT molecular complexity index is 391. The summed E-state index contributed by atoms with van der Waals surface area (Å²) in [4.78, 5) is 29.4. The third-order valence-electron chi connectivity index (χ3n) is 4.73. The van der Waals surface area contributed by atoms with E-state index in [1.807, 2.05) is 32.6 Å². The molecule has 1 amide bonds. The van der Waals surface area contributed by atoms with Gasteiger partial charge in [-0.2, -0.15) is 0 Å². The molecule has 0 aliphatic heterocycles. The molecule has 2 aliphatic carbocycles. The fourth-order valence-electron chi connectivity index (χ4n) is 4.13. The maximum absolute atomic E-state index is 12.8. The number of amides is 1. The first-order chi connectivity index (χ1) is 8.97. The zero-order valence-electron chi connectivity index (χ0n) is 12.3. The Kier molecular flexibility index (Phi) is 4.10. The van der Waals surface area contributed by atoms with Crippen LogP contribution in [0.25, 0.3) is 0 Å². The average Bonchev–Trinajstić information content (AvgIpc) is 2.88. The molecule has 0 spiro atoms. The lowest BCUT2D eigenvalue weighted by atomic mass is 9.83. The van der Waals surface area contributed by atoms with Crippen LogP contribution >= 0.6 is 0 Å². The molecule has 106 valence electrons. The molecule has 4 atom stereocenters. The van der Waals surface area contributed by atoms with Crippen molar-refractivity contribution in [1.29, 1.82) is 0 Å². The van der Waals surface area contributed by atoms with Gasteiger partial charge in [0, 0.05) is 12.1 Å². The highest BCUT2D eigenvalue weighted by Gasteiger charge is 2.52. The molecule has 0 heterocycles. The van der Waals surface area contributed by atoms with E-state index >= 15 is 0 Å². The molecule has 0 radical (unpaired) electrons. The van der Waals surface area contributed by atoms with Crippen LogP contribution in [0, 0.1) is 17.8 Å². The van der Waals surface area contributed by atoms with E-state index in [4.69, 9.17) is 0 Å². The van der Waals surface area contributed by atoms with Gasteiger partial charge in [0.05, 0.1) is 12.0 Å². The van der Waals surface area contributed by atoms with Crippen LogP contribution in [0.15, 0.2) is 4.99 Å². The van der Waals surface area contributed by atoms with Gasteiger partial charge in [-0.15, -0.1) is 0 Å². The Labute approximate surface area is 115 Å². The van der Waals surface area contributed by atoms with Gasteiger partial charge >= 0.3 is 0 Å². The van der Waals surface area contributed by atoms with Gasteiger partial charge in [0.2, 0.25) is 12.0 Å². The summed E-state index contributed by atoms with van der Waals surface area (Å²) in [6, 6.07) is 0.253. The Morgan fingerprint density at radius 1 is 1.16 bits per heavy atom. The fraction of sp³-hybridized carbons (Fsp3) is 0.867. The maximum Gasteiger partial charge on any atom is 0.235 e. The Balaban J connectivity index is 2.23. The van der Waals surface area contributed by atoms with Gasteiger partial charge in [0.1, 0.15) is 0 Å². The zero-order chi connectivity index (χ0) is 14.2. The summed E-state index contributed by atoms with van der Waals surface area (Å²) in [6.07, 6.45) is 4.94. The van der Waals surface area contributed by atoms with Crippen LogP contribution in [0.4, 0.5) is 0 Å². The number of hydrogen-bond donors (Lipinski definition) is 0. The normalized spacial score (nSPS) is 32.7. The van der Waals surface area contributed by atoms with Gasteiger partial charge in [0.15, 0.2) is 0 Å². The molecule has 2 saturated carbocycles. The summed E-state index contributed by atoms with van der Waals surface area (Å²) in [6.45, 7) is 8.18. The van der Waals surface area contributed by atoms with Gasteiger partial charge in [0.25, 0.3) is 0 Å². The van der Waals surface area contributed by atoms with Crippen molar-refractivity contribution in [2.75, 3.05) is 0 Å². The minimum atomic E-state index is -0.122. The minimum absolute atomic E-state index is 0.0926. The quantitative estimate of drug-likeness (QED) is 0.578. The number of hydrogen-bond acceptors (Lipinski definition) is 3. The smallest absolute Gasteiger partial charge is 0.235 e. The molecule has 0 aromatic carbocycles. The lowest BCUT2D eigenvalue weighted by molar-refractivity contribution is -0.141. The standard InChI is InChI=1S/C15H24N2O2/c1-9(2)17(10(3)4)15(19)13-11-5-6-12(7-11)14(13)16-8-18/h9-14H,5-7H2,1-4H3. The minimum Gasteiger partial charge on any atom is -0.338 e. The van der Waals surface area contributed by atoms with Gasteiger partial charge in [-0.1, -0.05) is 0 Å². The molecule has 4 heteroatoms. The van der Waals surface area contributed by atoms with Crippen LogP contribution in [-0.4, -0.2) is 35.0 Å². The second-order valence-corrected chi connectivity index (χ2v) is 6.50. The summed E-state index contributed by atoms with van der Waals surface area (Å²) in [5, 5.41) is 0. The second-order valence-electron chi connectivity index (χ2n) is 6.50. The van der Waals surface area contributed by atoms with Crippen LogP contribution in [0.2, 0.25) is 0 Å². The topological polar surface area (TPSA) is 49.7 Å². The van der Waals surface area contributed by atoms with E-state index in [2.05, 4.69) is 4.99 Å². The van der Waals surface area contributed by atoms with Crippen molar-refractivity contribution in [2.24, 2.45) is 22.7 Å². The van der Waals surface area contributed by atoms with Crippen LogP contribution in [0.5, 0.6) is 0 Å². The van der Waals surface area contributed by atoms with Gasteiger partial charge in [-0.25, -0.2) is 9.79 Å². The summed E-state index contributed by atoms with van der Waals surface area (Å²) in [5.74, 6) is 0.923. The third-order valence-corrected chi connectivity index (χ3v) is 4.73. The van der Waals surface area contributed by atoms with E-state index < -0.39 is 0 Å². The molecule has 0 aromatic heterocycles. The number of fused-ring (bicyclic) bond motifs is 2. The second kappa shape index (κ2) is 5.46. The highest BCUT2D eigenvalue weighted by molar-refractivity contribution is 5.81. The summed E-state index contributed by atoms with van der Waals surface area (Å²) in [5.41, 5.74) is 0. The number of carbonyl (C=O) groups is 1. The lowest BCUT2D eigenvalue weighted by Crippen LogP contribution is -2.49. The van der Waals surface area contributed by atoms with Crippen molar-refractivity contribution in [1.82, 2.24) is 4.90 Å². The van der Waals surface area contributed by atoms with Crippen LogP contribution in [0.1, 0.15) is 47.0 Å². The van der Waals surface area contributed by atoms with Crippen LogP contribution in [-0.2, 0) is 9.59 Å². The van der Waals surface area contributed by atoms with E-state index in [0.29, 0.717) is 11.8 Å². The SMILES string of the molecule is CC(C)N(C(=O)C1C2CCC(C2)C1N=C=O)C(C)C. The van der Waals surface area contributed by atoms with Crippen molar-refractivity contribution in [3.8, 4) is 0 Å². The Hall–Kier alpha value is -1.15. The third kappa shape index (κ3) is 2.46. The predicted molar refractivity (Wildman–Crippen MR) is 73.3 cm³/mol. The molecule has 0 aromatic rings. The first-order valence-corrected chi connectivity index (χ1v) is 7.36. The predicted octanol–water partition coefficient (Wildman–Crippen LogP) is 2.38. The summed E-state index contributed by atoms with van der Waals surface area (Å²) in [7, 11) is 0.